The summed E-state index contributed by atoms with van der Waals surface area (Å²) in [5.74, 6) is 0.528. The summed E-state index contributed by atoms with van der Waals surface area (Å²) in [6.07, 6.45) is 0.959. The van der Waals surface area contributed by atoms with E-state index in [1.54, 1.807) is 19.2 Å². The molecule has 0 aliphatic heterocycles. The van der Waals surface area contributed by atoms with Crippen LogP contribution < -0.4 is 10.1 Å². The Hall–Kier alpha value is -1.27. The standard InChI is InChI=1S/C11H17BN2O3/c1-8(13-7-12-16)5-10-9(6-15)3-4-11(14-10)17-2/h3-4,8,13,15H,5-7H2,1-2H3. The van der Waals surface area contributed by atoms with Crippen LogP contribution in [0.2, 0.25) is 0 Å². The van der Waals surface area contributed by atoms with Crippen LogP contribution in [0.1, 0.15) is 18.2 Å². The van der Waals surface area contributed by atoms with Crippen molar-refractivity contribution in [1.82, 2.24) is 10.3 Å². The van der Waals surface area contributed by atoms with Gasteiger partial charge in [-0.15, -0.1) is 0 Å². The minimum atomic E-state index is -0.0489. The molecule has 0 fully saturated rings. The Morgan fingerprint density at radius 2 is 2.35 bits per heavy atom. The molecule has 2 N–H and O–H groups in total. The topological polar surface area (TPSA) is 71.5 Å². The van der Waals surface area contributed by atoms with E-state index >= 15 is 0 Å². The zero-order valence-electron chi connectivity index (χ0n) is 10.1. The number of pyridine rings is 1. The molecular formula is C11H17BN2O3. The Labute approximate surface area is 101 Å². The van der Waals surface area contributed by atoms with Crippen LogP contribution in [-0.2, 0) is 17.7 Å². The number of rotatable bonds is 7. The van der Waals surface area contributed by atoms with Crippen LogP contribution >= 0.6 is 0 Å². The number of nitrogens with zero attached hydrogens (tertiary/aromatic N) is 1. The zero-order valence-corrected chi connectivity index (χ0v) is 10.1. The molecule has 0 spiro atoms. The van der Waals surface area contributed by atoms with E-state index in [0.717, 1.165) is 18.4 Å². The van der Waals surface area contributed by atoms with Crippen LogP contribution in [0.4, 0.5) is 0 Å². The fourth-order valence-corrected chi connectivity index (χ4v) is 1.56. The second-order valence-corrected chi connectivity index (χ2v) is 3.80. The second-order valence-electron chi connectivity index (χ2n) is 3.80. The minimum absolute atomic E-state index is 0.0489. The van der Waals surface area contributed by atoms with E-state index in [2.05, 4.69) is 10.3 Å². The molecule has 1 heterocycles. The van der Waals surface area contributed by atoms with Gasteiger partial charge in [0.25, 0.3) is 0 Å². The van der Waals surface area contributed by atoms with Gasteiger partial charge in [-0.2, -0.15) is 0 Å². The van der Waals surface area contributed by atoms with E-state index < -0.39 is 0 Å². The summed E-state index contributed by atoms with van der Waals surface area (Å²) >= 11 is 0. The molecule has 1 atom stereocenters. The molecule has 17 heavy (non-hydrogen) atoms. The van der Waals surface area contributed by atoms with Crippen molar-refractivity contribution in [3.8, 4) is 5.88 Å². The first kappa shape index (κ1) is 13.8. The number of hydrogen-bond acceptors (Lipinski definition) is 5. The van der Waals surface area contributed by atoms with Crippen LogP contribution in [-0.4, -0.2) is 36.8 Å². The van der Waals surface area contributed by atoms with E-state index in [1.807, 2.05) is 6.92 Å². The van der Waals surface area contributed by atoms with E-state index in [1.165, 1.54) is 0 Å². The molecule has 0 bridgehead atoms. The molecule has 0 saturated heterocycles. The van der Waals surface area contributed by atoms with Gasteiger partial charge in [0.1, 0.15) is 0 Å². The molecule has 0 amide bonds. The first-order valence-electron chi connectivity index (χ1n) is 5.52. The zero-order chi connectivity index (χ0) is 12.7. The Balaban J connectivity index is 2.76. The van der Waals surface area contributed by atoms with Gasteiger partial charge in [0.05, 0.1) is 0 Å². The van der Waals surface area contributed by atoms with Gasteiger partial charge in [-0.05, 0) is 0 Å². The first-order chi connectivity index (χ1) is 8.21. The number of nitrogens with one attached hydrogen (secondary N) is 1. The third kappa shape index (κ3) is 4.24. The Kier molecular flexibility index (Phi) is 5.79. The number of ether oxygens (including phenoxy) is 1. The van der Waals surface area contributed by atoms with Gasteiger partial charge in [-0.1, -0.05) is 0 Å². The van der Waals surface area contributed by atoms with Crippen molar-refractivity contribution in [2.75, 3.05) is 13.6 Å². The number of aliphatic hydroxyl groups is 1. The van der Waals surface area contributed by atoms with Gasteiger partial charge in [0, 0.05) is 0 Å². The molecule has 0 saturated carbocycles. The van der Waals surface area contributed by atoms with Crippen molar-refractivity contribution in [3.63, 3.8) is 0 Å². The normalized spacial score (nSPS) is 11.9. The molecule has 5 nitrogen and oxygen atoms in total. The predicted molar refractivity (Wildman–Crippen MR) is 64.3 cm³/mol. The van der Waals surface area contributed by atoms with Crippen molar-refractivity contribution >= 4 is 7.15 Å². The molecule has 0 aromatic carbocycles. The van der Waals surface area contributed by atoms with Gasteiger partial charge in [0.2, 0.25) is 0 Å². The molecule has 1 rings (SSSR count). The average Bonchev–Trinajstić information content (AvgIpc) is 2.36. The van der Waals surface area contributed by atoms with Gasteiger partial charge < -0.3 is 0 Å². The third-order valence-electron chi connectivity index (χ3n) is 2.47. The summed E-state index contributed by atoms with van der Waals surface area (Å²) in [7, 11) is 2.38. The number of aliphatic hydroxyl groups excluding tert-OH is 1. The summed E-state index contributed by atoms with van der Waals surface area (Å²) in [5, 5.41) is 12.3. The molecule has 0 aliphatic rings. The first-order valence-corrected chi connectivity index (χ1v) is 5.52. The van der Waals surface area contributed by atoms with Crippen molar-refractivity contribution < 1.29 is 14.5 Å². The SMILES string of the molecule is COc1ccc(CO)c(CC(C)NCB=O)n1. The fourth-order valence-electron chi connectivity index (χ4n) is 1.56. The Morgan fingerprint density at radius 3 is 2.94 bits per heavy atom. The molecule has 1 unspecified atom stereocenters. The van der Waals surface area contributed by atoms with Crippen molar-refractivity contribution in [2.24, 2.45) is 0 Å². The van der Waals surface area contributed by atoms with E-state index in [9.17, 15) is 9.81 Å². The summed E-state index contributed by atoms with van der Waals surface area (Å²) in [6.45, 7) is 1.92. The molecule has 92 valence electrons. The summed E-state index contributed by atoms with van der Waals surface area (Å²) in [5.41, 5.74) is 1.57. The molecule has 6 heteroatoms. The average molecular weight is 236 g/mol. The summed E-state index contributed by atoms with van der Waals surface area (Å²) in [4.78, 5) is 4.30. The fraction of sp³-hybridized carbons (Fsp3) is 0.545. The van der Waals surface area contributed by atoms with Crippen LogP contribution in [0, 0.1) is 0 Å². The van der Waals surface area contributed by atoms with Crippen LogP contribution in [0.3, 0.4) is 0 Å². The van der Waals surface area contributed by atoms with Gasteiger partial charge in [0.15, 0.2) is 0 Å². The predicted octanol–water partition coefficient (Wildman–Crippen LogP) is 0.110. The summed E-state index contributed by atoms with van der Waals surface area (Å²) in [6, 6.07) is 3.64. The maximum absolute atomic E-state index is 10.2. The van der Waals surface area contributed by atoms with Gasteiger partial charge >= 0.3 is 101 Å². The monoisotopic (exact) mass is 236 g/mol. The molecule has 1 aromatic heterocycles. The quantitative estimate of drug-likeness (QED) is 0.657. The maximum atomic E-state index is 10.2. The number of aromatic nitrogens is 1. The Bertz CT molecular complexity index is 374. The van der Waals surface area contributed by atoms with Crippen molar-refractivity contribution in [1.29, 1.82) is 0 Å². The molecular weight excluding hydrogens is 219 g/mol. The Morgan fingerprint density at radius 1 is 1.59 bits per heavy atom. The van der Waals surface area contributed by atoms with Crippen molar-refractivity contribution in [3.05, 3.63) is 23.4 Å². The number of hydrogen-bond donors (Lipinski definition) is 2. The summed E-state index contributed by atoms with van der Waals surface area (Å²) < 4.78 is 15.3. The van der Waals surface area contributed by atoms with E-state index in [0.29, 0.717) is 18.7 Å². The number of methoxy groups -OCH3 is 1. The van der Waals surface area contributed by atoms with Crippen LogP contribution in [0.25, 0.3) is 0 Å². The van der Waals surface area contributed by atoms with Crippen LogP contribution in [0.15, 0.2) is 12.1 Å². The molecule has 0 aliphatic carbocycles. The van der Waals surface area contributed by atoms with Crippen molar-refractivity contribution in [2.45, 2.75) is 26.0 Å². The van der Waals surface area contributed by atoms with E-state index in [4.69, 9.17) is 4.74 Å². The second kappa shape index (κ2) is 7.14. The van der Waals surface area contributed by atoms with Crippen LogP contribution in [0.5, 0.6) is 5.88 Å². The molecule has 1 aromatic rings. The molecule has 0 radical (unpaired) electrons. The van der Waals surface area contributed by atoms with E-state index in [-0.39, 0.29) is 12.6 Å². The van der Waals surface area contributed by atoms with Gasteiger partial charge in [-0.3, -0.25) is 0 Å². The van der Waals surface area contributed by atoms with Gasteiger partial charge in [-0.25, -0.2) is 0 Å². The third-order valence-corrected chi connectivity index (χ3v) is 2.47.